The number of carboxylic acids is 1. The fourth-order valence-electron chi connectivity index (χ4n) is 2.99. The van der Waals surface area contributed by atoms with Crippen LogP contribution in [0.3, 0.4) is 0 Å². The summed E-state index contributed by atoms with van der Waals surface area (Å²) in [4.78, 5) is 14.9. The molecule has 3 rings (SSSR count). The molecular formula is C14H18N2O3. The minimum absolute atomic E-state index is 0.0848. The van der Waals surface area contributed by atoms with Gasteiger partial charge in [-0.3, -0.25) is 0 Å². The molecule has 19 heavy (non-hydrogen) atoms. The van der Waals surface area contributed by atoms with Gasteiger partial charge in [0.15, 0.2) is 5.69 Å². The van der Waals surface area contributed by atoms with Crippen molar-refractivity contribution in [3.05, 3.63) is 23.9 Å². The topological polar surface area (TPSA) is 71.5 Å². The molecule has 1 atom stereocenters. The van der Waals surface area contributed by atoms with Gasteiger partial charge in [0.1, 0.15) is 5.82 Å². The number of carbonyl (C=O) groups is 1. The van der Waals surface area contributed by atoms with Crippen LogP contribution in [0.15, 0.2) is 18.2 Å². The summed E-state index contributed by atoms with van der Waals surface area (Å²) in [7, 11) is 0. The third-order valence-corrected chi connectivity index (χ3v) is 4.35. The number of pyridine rings is 1. The Balaban J connectivity index is 1.56. The van der Waals surface area contributed by atoms with Gasteiger partial charge in [-0.2, -0.15) is 0 Å². The van der Waals surface area contributed by atoms with Crippen LogP contribution >= 0.6 is 0 Å². The van der Waals surface area contributed by atoms with Crippen molar-refractivity contribution >= 4 is 11.8 Å². The molecule has 0 amide bonds. The normalized spacial score (nSPS) is 24.1. The first kappa shape index (κ1) is 12.4. The minimum atomic E-state index is -0.990. The molecule has 1 aliphatic carbocycles. The second kappa shape index (κ2) is 4.81. The highest BCUT2D eigenvalue weighted by Crippen LogP contribution is 2.58. The van der Waals surface area contributed by atoms with Crippen LogP contribution in [0, 0.1) is 11.3 Å². The van der Waals surface area contributed by atoms with E-state index >= 15 is 0 Å². The lowest BCUT2D eigenvalue weighted by atomic mass is 9.94. The first-order chi connectivity index (χ1) is 9.20. The van der Waals surface area contributed by atoms with Crippen molar-refractivity contribution in [2.75, 3.05) is 25.1 Å². The molecule has 1 spiro atoms. The van der Waals surface area contributed by atoms with E-state index in [0.717, 1.165) is 32.6 Å². The summed E-state index contributed by atoms with van der Waals surface area (Å²) in [5, 5.41) is 12.2. The number of nitrogens with one attached hydrogen (secondary N) is 1. The molecule has 5 heteroatoms. The van der Waals surface area contributed by atoms with E-state index in [-0.39, 0.29) is 5.69 Å². The fraction of sp³-hybridized carbons (Fsp3) is 0.571. The monoisotopic (exact) mass is 262 g/mol. The average molecular weight is 262 g/mol. The zero-order valence-corrected chi connectivity index (χ0v) is 10.8. The number of hydrogen-bond acceptors (Lipinski definition) is 4. The number of nitrogens with zero attached hydrogens (tertiary/aromatic N) is 1. The van der Waals surface area contributed by atoms with Crippen molar-refractivity contribution in [1.29, 1.82) is 0 Å². The molecule has 1 aromatic heterocycles. The number of aromatic carboxylic acids is 1. The summed E-state index contributed by atoms with van der Waals surface area (Å²) < 4.78 is 5.40. The Bertz CT molecular complexity index is 483. The molecule has 2 N–H and O–H groups in total. The molecule has 1 saturated heterocycles. The van der Waals surface area contributed by atoms with Crippen LogP contribution in [-0.2, 0) is 4.74 Å². The average Bonchev–Trinajstić information content (AvgIpc) is 3.10. The van der Waals surface area contributed by atoms with Crippen LogP contribution in [0.1, 0.15) is 29.8 Å². The third-order valence-electron chi connectivity index (χ3n) is 4.35. The third kappa shape index (κ3) is 2.56. The lowest BCUT2D eigenvalue weighted by molar-refractivity contribution is 0.0527. The van der Waals surface area contributed by atoms with E-state index in [1.165, 1.54) is 12.5 Å². The van der Waals surface area contributed by atoms with Crippen molar-refractivity contribution in [1.82, 2.24) is 4.98 Å². The largest absolute Gasteiger partial charge is 0.477 e. The van der Waals surface area contributed by atoms with Crippen LogP contribution in [0.25, 0.3) is 0 Å². The highest BCUT2D eigenvalue weighted by Gasteiger charge is 2.53. The van der Waals surface area contributed by atoms with Gasteiger partial charge in [-0.05, 0) is 42.7 Å². The predicted molar refractivity (Wildman–Crippen MR) is 70.3 cm³/mol. The molecular weight excluding hydrogens is 244 g/mol. The lowest BCUT2D eigenvalue weighted by Crippen LogP contribution is -2.21. The van der Waals surface area contributed by atoms with Gasteiger partial charge in [0.25, 0.3) is 0 Å². The number of carboxylic acid groups (broad SMARTS) is 1. The van der Waals surface area contributed by atoms with E-state index in [2.05, 4.69) is 10.3 Å². The Hall–Kier alpha value is -1.62. The molecule has 2 heterocycles. The molecule has 2 aliphatic rings. The summed E-state index contributed by atoms with van der Waals surface area (Å²) in [5.41, 5.74) is 0.567. The quantitative estimate of drug-likeness (QED) is 0.868. The van der Waals surface area contributed by atoms with Crippen LogP contribution in [0.5, 0.6) is 0 Å². The standard InChI is InChI=1S/C14H18N2O3/c17-13(18)11-2-1-3-12(16-11)15-9-10-8-14(10)4-6-19-7-5-14/h1-3,10H,4-9H2,(H,15,16)(H,17,18). The van der Waals surface area contributed by atoms with Crippen LogP contribution in [0.4, 0.5) is 5.82 Å². The fourth-order valence-corrected chi connectivity index (χ4v) is 2.99. The van der Waals surface area contributed by atoms with Crippen molar-refractivity contribution in [2.45, 2.75) is 19.3 Å². The molecule has 1 saturated carbocycles. The summed E-state index contributed by atoms with van der Waals surface area (Å²) in [5.74, 6) is 0.330. The Morgan fingerprint density at radius 2 is 2.26 bits per heavy atom. The van der Waals surface area contributed by atoms with Gasteiger partial charge in [-0.25, -0.2) is 9.78 Å². The van der Waals surface area contributed by atoms with Crippen molar-refractivity contribution in [3.8, 4) is 0 Å². The molecule has 1 unspecified atom stereocenters. The van der Waals surface area contributed by atoms with Gasteiger partial charge >= 0.3 is 5.97 Å². The Labute approximate surface area is 112 Å². The summed E-state index contributed by atoms with van der Waals surface area (Å²) in [6, 6.07) is 5.03. The number of aromatic nitrogens is 1. The maximum atomic E-state index is 10.8. The molecule has 0 bridgehead atoms. The molecule has 0 radical (unpaired) electrons. The van der Waals surface area contributed by atoms with Gasteiger partial charge < -0.3 is 15.2 Å². The number of anilines is 1. The number of rotatable bonds is 4. The first-order valence-electron chi connectivity index (χ1n) is 6.72. The SMILES string of the molecule is O=C(O)c1cccc(NCC2CC23CCOCC3)n1. The van der Waals surface area contributed by atoms with Gasteiger partial charge in [0.05, 0.1) is 0 Å². The van der Waals surface area contributed by atoms with Crippen LogP contribution in [0.2, 0.25) is 0 Å². The van der Waals surface area contributed by atoms with E-state index in [9.17, 15) is 4.79 Å². The minimum Gasteiger partial charge on any atom is -0.477 e. The van der Waals surface area contributed by atoms with E-state index in [0.29, 0.717) is 17.2 Å². The molecule has 0 aromatic carbocycles. The summed E-state index contributed by atoms with van der Waals surface area (Å²) >= 11 is 0. The first-order valence-corrected chi connectivity index (χ1v) is 6.72. The Morgan fingerprint density at radius 3 is 3.00 bits per heavy atom. The summed E-state index contributed by atoms with van der Waals surface area (Å²) in [6.45, 7) is 2.63. The van der Waals surface area contributed by atoms with Crippen molar-refractivity contribution in [3.63, 3.8) is 0 Å². The van der Waals surface area contributed by atoms with E-state index in [4.69, 9.17) is 9.84 Å². The van der Waals surface area contributed by atoms with E-state index < -0.39 is 5.97 Å². The zero-order valence-electron chi connectivity index (χ0n) is 10.8. The van der Waals surface area contributed by atoms with Gasteiger partial charge in [0.2, 0.25) is 0 Å². The predicted octanol–water partition coefficient (Wildman–Crippen LogP) is 2.01. The second-order valence-electron chi connectivity index (χ2n) is 5.47. The van der Waals surface area contributed by atoms with Gasteiger partial charge in [-0.15, -0.1) is 0 Å². The zero-order chi connectivity index (χ0) is 13.3. The van der Waals surface area contributed by atoms with Crippen molar-refractivity contribution < 1.29 is 14.6 Å². The van der Waals surface area contributed by atoms with Crippen molar-refractivity contribution in [2.24, 2.45) is 11.3 Å². The highest BCUT2D eigenvalue weighted by molar-refractivity contribution is 5.85. The lowest BCUT2D eigenvalue weighted by Gasteiger charge is -2.23. The molecule has 1 aliphatic heterocycles. The molecule has 1 aromatic rings. The summed E-state index contributed by atoms with van der Waals surface area (Å²) in [6.07, 6.45) is 3.56. The molecule has 5 nitrogen and oxygen atoms in total. The van der Waals surface area contributed by atoms with E-state index in [1.54, 1.807) is 6.07 Å². The van der Waals surface area contributed by atoms with Gasteiger partial charge in [0, 0.05) is 19.8 Å². The second-order valence-corrected chi connectivity index (χ2v) is 5.47. The van der Waals surface area contributed by atoms with Gasteiger partial charge in [-0.1, -0.05) is 6.07 Å². The Kier molecular flexibility index (Phi) is 3.14. The Morgan fingerprint density at radius 1 is 1.47 bits per heavy atom. The molecule has 102 valence electrons. The number of hydrogen-bond donors (Lipinski definition) is 2. The molecule has 2 fully saturated rings. The number of ether oxygens (including phenoxy) is 1. The maximum Gasteiger partial charge on any atom is 0.354 e. The smallest absolute Gasteiger partial charge is 0.354 e. The highest BCUT2D eigenvalue weighted by atomic mass is 16.5. The van der Waals surface area contributed by atoms with Crippen LogP contribution in [-0.4, -0.2) is 35.8 Å². The van der Waals surface area contributed by atoms with E-state index in [1.807, 2.05) is 6.07 Å². The maximum absolute atomic E-state index is 10.8. The van der Waals surface area contributed by atoms with Crippen LogP contribution < -0.4 is 5.32 Å².